The molecule has 5 fully saturated rings. The van der Waals surface area contributed by atoms with Gasteiger partial charge in [-0.05, 0) is 18.8 Å². The minimum atomic E-state index is -0.928. The molecule has 0 bridgehead atoms. The highest BCUT2D eigenvalue weighted by Crippen LogP contribution is 2.80. The van der Waals surface area contributed by atoms with Gasteiger partial charge in [0.1, 0.15) is 0 Å². The summed E-state index contributed by atoms with van der Waals surface area (Å²) in [5.74, 6) is 0.216. The van der Waals surface area contributed by atoms with Crippen molar-refractivity contribution < 1.29 is 15.3 Å². The Kier molecular flexibility index (Phi) is 1.40. The van der Waals surface area contributed by atoms with E-state index in [-0.39, 0.29) is 46.3 Å². The molecule has 0 aromatic carbocycles. The summed E-state index contributed by atoms with van der Waals surface area (Å²) in [6, 6.07) is 0. The van der Waals surface area contributed by atoms with Crippen molar-refractivity contribution in [2.75, 3.05) is 0 Å². The van der Waals surface area contributed by atoms with Gasteiger partial charge in [-0.1, -0.05) is 10.3 Å². The van der Waals surface area contributed by atoms with Gasteiger partial charge in [0.2, 0.25) is 5.54 Å². The molecule has 0 radical (unpaired) electrons. The molecule has 100 valence electrons. The lowest BCUT2D eigenvalue weighted by atomic mass is 9.54. The highest BCUT2D eigenvalue weighted by atomic mass is 16.6. The van der Waals surface area contributed by atoms with Crippen LogP contribution in [0.1, 0.15) is 12.8 Å². The van der Waals surface area contributed by atoms with Crippen LogP contribution >= 0.6 is 0 Å². The number of nitrogens with zero attached hydrogens (tertiary/aromatic N) is 3. The Morgan fingerprint density at radius 1 is 1.11 bits per heavy atom. The molecule has 0 aliphatic heterocycles. The van der Waals surface area contributed by atoms with Crippen molar-refractivity contribution in [3.05, 3.63) is 10.1 Å². The molecule has 19 heavy (non-hydrogen) atoms. The summed E-state index contributed by atoms with van der Waals surface area (Å²) in [4.78, 5) is 11.6. The first kappa shape index (κ1) is 10.2. The summed E-state index contributed by atoms with van der Waals surface area (Å²) >= 11 is 0. The van der Waals surface area contributed by atoms with Crippen molar-refractivity contribution >= 4 is 11.4 Å². The van der Waals surface area contributed by atoms with E-state index in [1.54, 1.807) is 0 Å². The van der Waals surface area contributed by atoms with Gasteiger partial charge in [-0.25, -0.2) is 0 Å². The third kappa shape index (κ3) is 0.679. The van der Waals surface area contributed by atoms with Gasteiger partial charge in [0.05, 0.1) is 17.3 Å². The molecule has 7 nitrogen and oxygen atoms in total. The zero-order valence-corrected chi connectivity index (χ0v) is 10.0. The van der Waals surface area contributed by atoms with Crippen LogP contribution in [0.4, 0.5) is 0 Å². The fraction of sp³-hybridized carbons (Fsp3) is 0.833. The van der Waals surface area contributed by atoms with Gasteiger partial charge in [0, 0.05) is 34.5 Å². The Morgan fingerprint density at radius 2 is 1.74 bits per heavy atom. The van der Waals surface area contributed by atoms with Crippen LogP contribution in [0.5, 0.6) is 0 Å². The first-order valence-electron chi connectivity index (χ1n) is 6.76. The van der Waals surface area contributed by atoms with Crippen molar-refractivity contribution in [3.63, 3.8) is 0 Å². The third-order valence-electron chi connectivity index (χ3n) is 6.83. The van der Waals surface area contributed by atoms with Crippen LogP contribution in [0.25, 0.3) is 0 Å². The fourth-order valence-corrected chi connectivity index (χ4v) is 6.74. The summed E-state index contributed by atoms with van der Waals surface area (Å²) < 4.78 is 0. The van der Waals surface area contributed by atoms with Crippen molar-refractivity contribution in [2.24, 2.45) is 51.7 Å². The van der Waals surface area contributed by atoms with Crippen molar-refractivity contribution in [1.29, 1.82) is 0 Å². The maximum Gasteiger partial charge on any atom is 0.237 e. The highest BCUT2D eigenvalue weighted by Gasteiger charge is 2.92. The van der Waals surface area contributed by atoms with Gasteiger partial charge in [-0.2, -0.15) is 0 Å². The lowest BCUT2D eigenvalue weighted by Gasteiger charge is -2.47. The van der Waals surface area contributed by atoms with Gasteiger partial charge >= 0.3 is 0 Å². The molecule has 0 spiro atoms. The number of hydrogen-bond acceptors (Lipinski definition) is 6. The Morgan fingerprint density at radius 3 is 2.32 bits per heavy atom. The molecule has 5 aliphatic rings. The lowest BCUT2D eigenvalue weighted by Crippen LogP contribution is -2.64. The second-order valence-corrected chi connectivity index (χ2v) is 6.67. The zero-order chi connectivity index (χ0) is 13.1. The first-order chi connectivity index (χ1) is 9.17. The molecule has 5 saturated carbocycles. The normalized spacial score (nSPS) is 63.1. The molecule has 0 saturated heterocycles. The lowest BCUT2D eigenvalue weighted by molar-refractivity contribution is -0.616. The quantitative estimate of drug-likeness (QED) is 0.414. The van der Waals surface area contributed by atoms with Crippen LogP contribution in [0, 0.1) is 51.5 Å². The number of rotatable bonds is 1. The molecule has 0 heterocycles. The Bertz CT molecular complexity index is 576. The van der Waals surface area contributed by atoms with Gasteiger partial charge in [0.15, 0.2) is 0 Å². The van der Waals surface area contributed by atoms with Crippen LogP contribution in [0.3, 0.4) is 0 Å². The van der Waals surface area contributed by atoms with E-state index in [9.17, 15) is 20.5 Å². The number of hydrogen-bond donors (Lipinski definition) is 2. The van der Waals surface area contributed by atoms with Crippen molar-refractivity contribution in [2.45, 2.75) is 18.4 Å². The predicted octanol–water partition coefficient (Wildman–Crippen LogP) is 0.824. The van der Waals surface area contributed by atoms with E-state index in [0.29, 0.717) is 12.1 Å². The van der Waals surface area contributed by atoms with Crippen LogP contribution in [0.2, 0.25) is 0 Å². The highest BCUT2D eigenvalue weighted by molar-refractivity contribution is 6.02. The molecule has 0 aromatic heterocycles. The molecule has 5 aliphatic carbocycles. The van der Waals surface area contributed by atoms with Crippen LogP contribution in [-0.4, -0.2) is 32.3 Å². The maximum atomic E-state index is 11.8. The molecule has 8 atom stereocenters. The van der Waals surface area contributed by atoms with Crippen LogP contribution in [0.15, 0.2) is 10.3 Å². The number of oxime groups is 2. The Balaban J connectivity index is 1.80. The smallest absolute Gasteiger partial charge is 0.237 e. The minimum absolute atomic E-state index is 0.00218. The van der Waals surface area contributed by atoms with E-state index in [4.69, 9.17) is 0 Å². The summed E-state index contributed by atoms with van der Waals surface area (Å²) in [5.41, 5.74) is 0.504. The predicted molar refractivity (Wildman–Crippen MR) is 61.8 cm³/mol. The fourth-order valence-electron chi connectivity index (χ4n) is 6.74. The summed E-state index contributed by atoms with van der Waals surface area (Å²) in [7, 11) is 0. The third-order valence-corrected chi connectivity index (χ3v) is 6.83. The van der Waals surface area contributed by atoms with Crippen molar-refractivity contribution in [3.8, 4) is 0 Å². The van der Waals surface area contributed by atoms with E-state index in [0.717, 1.165) is 12.1 Å². The summed E-state index contributed by atoms with van der Waals surface area (Å²) in [6.45, 7) is 0. The second kappa shape index (κ2) is 2.62. The molecule has 8 unspecified atom stereocenters. The van der Waals surface area contributed by atoms with Gasteiger partial charge in [-0.15, -0.1) is 0 Å². The van der Waals surface area contributed by atoms with E-state index in [2.05, 4.69) is 10.3 Å². The molecular weight excluding hydrogens is 250 g/mol. The maximum absolute atomic E-state index is 11.8. The molecule has 5 rings (SSSR count). The molecule has 7 heteroatoms. The molecule has 2 N–H and O–H groups in total. The average Bonchev–Trinajstić information content (AvgIpc) is 2.89. The van der Waals surface area contributed by atoms with Gasteiger partial charge < -0.3 is 10.4 Å². The zero-order valence-electron chi connectivity index (χ0n) is 10.0. The number of nitro groups is 1. The molecule has 0 aromatic rings. The molecule has 0 amide bonds. The van der Waals surface area contributed by atoms with E-state index in [1.165, 1.54) is 0 Å². The van der Waals surface area contributed by atoms with E-state index >= 15 is 0 Å². The summed E-state index contributed by atoms with van der Waals surface area (Å²) in [5, 5.41) is 37.2. The van der Waals surface area contributed by atoms with Crippen molar-refractivity contribution in [1.82, 2.24) is 0 Å². The minimum Gasteiger partial charge on any atom is -0.411 e. The monoisotopic (exact) mass is 263 g/mol. The topological polar surface area (TPSA) is 108 Å². The van der Waals surface area contributed by atoms with E-state index < -0.39 is 5.54 Å². The SMILES string of the molecule is O=[N+]([O-])C12C3CC4C(=NO)C5CC(/C3=N/O)C1C5C42. The Hall–Kier alpha value is -1.66. The standard InChI is InChI=1S/C12H13N3O4/c16-13-10-3-1-4-8-7(3)9-5(10)2-6(11(4)14-17)12(8,9)15(18)19/h3-9,16-17H,1-2H2/b13-10?,14-11-. The van der Waals surface area contributed by atoms with Crippen LogP contribution < -0.4 is 0 Å². The first-order valence-corrected chi connectivity index (χ1v) is 6.76. The second-order valence-electron chi connectivity index (χ2n) is 6.67. The molecular formula is C12H13N3O4. The van der Waals surface area contributed by atoms with E-state index in [1.807, 2.05) is 0 Å². The van der Waals surface area contributed by atoms with Crippen LogP contribution in [-0.2, 0) is 0 Å². The summed E-state index contributed by atoms with van der Waals surface area (Å²) in [6.07, 6.45) is 1.37. The largest absolute Gasteiger partial charge is 0.411 e. The van der Waals surface area contributed by atoms with Gasteiger partial charge in [-0.3, -0.25) is 10.1 Å². The van der Waals surface area contributed by atoms with Gasteiger partial charge in [0.25, 0.3) is 0 Å². The average molecular weight is 263 g/mol. The Labute approximate surface area is 108 Å².